The van der Waals surface area contributed by atoms with Crippen LogP contribution in [0.1, 0.15) is 46.4 Å². The standard InChI is InChI=1S/C19H19N3O2/c1-12-10-20-11-16(21-12)17-4-3-7-22(17)19(23)14-5-6-18-15(9-14)8-13(2)24-18/h5-6,8-11,17H,3-4,7H2,1-2H3/t17-/m0/s1. The Labute approximate surface area is 140 Å². The van der Waals surface area contributed by atoms with Crippen LogP contribution in [0.2, 0.25) is 0 Å². The molecule has 1 aromatic carbocycles. The number of carbonyl (C=O) groups is 1. The molecule has 5 nitrogen and oxygen atoms in total. The van der Waals surface area contributed by atoms with Gasteiger partial charge in [-0.25, -0.2) is 0 Å². The Bertz CT molecular complexity index is 916. The second-order valence-corrected chi connectivity index (χ2v) is 6.35. The number of hydrogen-bond donors (Lipinski definition) is 0. The average Bonchev–Trinajstić information content (AvgIpc) is 3.18. The smallest absolute Gasteiger partial charge is 0.254 e. The molecule has 0 spiro atoms. The molecule has 24 heavy (non-hydrogen) atoms. The normalized spacial score (nSPS) is 17.6. The number of furan rings is 1. The molecule has 1 aliphatic rings. The minimum Gasteiger partial charge on any atom is -0.461 e. The summed E-state index contributed by atoms with van der Waals surface area (Å²) in [6.07, 6.45) is 5.42. The molecule has 4 rings (SSSR count). The SMILES string of the molecule is Cc1cncc([C@@H]2CCCN2C(=O)c2ccc3oc(C)cc3c2)n1. The van der Waals surface area contributed by atoms with Gasteiger partial charge in [0, 0.05) is 23.7 Å². The molecule has 1 atom stereocenters. The Morgan fingerprint density at radius 1 is 1.25 bits per heavy atom. The maximum atomic E-state index is 13.0. The zero-order valence-corrected chi connectivity index (χ0v) is 13.8. The van der Waals surface area contributed by atoms with Crippen molar-refractivity contribution in [3.8, 4) is 0 Å². The van der Waals surface area contributed by atoms with Gasteiger partial charge in [0.15, 0.2) is 0 Å². The van der Waals surface area contributed by atoms with Gasteiger partial charge in [-0.15, -0.1) is 0 Å². The summed E-state index contributed by atoms with van der Waals surface area (Å²) in [5.74, 6) is 0.894. The summed E-state index contributed by atoms with van der Waals surface area (Å²) in [5, 5.41) is 0.962. The van der Waals surface area contributed by atoms with Crippen LogP contribution in [-0.4, -0.2) is 27.3 Å². The zero-order chi connectivity index (χ0) is 16.7. The van der Waals surface area contributed by atoms with E-state index in [1.54, 1.807) is 12.4 Å². The van der Waals surface area contributed by atoms with Gasteiger partial charge in [-0.05, 0) is 51.0 Å². The number of fused-ring (bicyclic) bond motifs is 1. The molecule has 0 radical (unpaired) electrons. The van der Waals surface area contributed by atoms with Crippen LogP contribution < -0.4 is 0 Å². The Morgan fingerprint density at radius 3 is 2.96 bits per heavy atom. The van der Waals surface area contributed by atoms with E-state index in [2.05, 4.69) is 9.97 Å². The number of hydrogen-bond acceptors (Lipinski definition) is 4. The van der Waals surface area contributed by atoms with E-state index in [4.69, 9.17) is 4.42 Å². The minimum atomic E-state index is 0.00619. The molecule has 1 fully saturated rings. The summed E-state index contributed by atoms with van der Waals surface area (Å²) < 4.78 is 5.59. The number of amides is 1. The highest BCUT2D eigenvalue weighted by Crippen LogP contribution is 2.32. The van der Waals surface area contributed by atoms with Crippen molar-refractivity contribution in [3.63, 3.8) is 0 Å². The third-order valence-electron chi connectivity index (χ3n) is 4.52. The van der Waals surface area contributed by atoms with Gasteiger partial charge in [-0.1, -0.05) is 0 Å². The molecule has 3 aromatic rings. The van der Waals surface area contributed by atoms with Gasteiger partial charge < -0.3 is 9.32 Å². The van der Waals surface area contributed by atoms with Gasteiger partial charge in [0.25, 0.3) is 5.91 Å². The molecule has 5 heteroatoms. The number of likely N-dealkylation sites (tertiary alicyclic amines) is 1. The fraction of sp³-hybridized carbons (Fsp3) is 0.316. The lowest BCUT2D eigenvalue weighted by molar-refractivity contribution is 0.0732. The number of aromatic nitrogens is 2. The van der Waals surface area contributed by atoms with Crippen molar-refractivity contribution in [1.29, 1.82) is 0 Å². The molecule has 2 aromatic heterocycles. The van der Waals surface area contributed by atoms with Crippen LogP contribution in [0.3, 0.4) is 0 Å². The van der Waals surface area contributed by atoms with E-state index >= 15 is 0 Å². The Balaban J connectivity index is 1.66. The molecule has 0 saturated carbocycles. The van der Waals surface area contributed by atoms with Gasteiger partial charge in [0.05, 0.1) is 23.6 Å². The van der Waals surface area contributed by atoms with E-state index in [9.17, 15) is 4.79 Å². The maximum Gasteiger partial charge on any atom is 0.254 e. The molecule has 3 heterocycles. The minimum absolute atomic E-state index is 0.00619. The first-order valence-electron chi connectivity index (χ1n) is 8.21. The number of benzene rings is 1. The van der Waals surface area contributed by atoms with E-state index < -0.39 is 0 Å². The lowest BCUT2D eigenvalue weighted by Crippen LogP contribution is -2.31. The van der Waals surface area contributed by atoms with Crippen molar-refractivity contribution in [2.24, 2.45) is 0 Å². The summed E-state index contributed by atoms with van der Waals surface area (Å²) in [6.45, 7) is 4.59. The quantitative estimate of drug-likeness (QED) is 0.720. The second-order valence-electron chi connectivity index (χ2n) is 6.35. The largest absolute Gasteiger partial charge is 0.461 e. The molecule has 1 saturated heterocycles. The molecule has 122 valence electrons. The van der Waals surface area contributed by atoms with Crippen molar-refractivity contribution < 1.29 is 9.21 Å². The first kappa shape index (κ1) is 14.9. The van der Waals surface area contributed by atoms with E-state index in [1.807, 2.05) is 43.0 Å². The van der Waals surface area contributed by atoms with E-state index in [-0.39, 0.29) is 11.9 Å². The monoisotopic (exact) mass is 321 g/mol. The first-order valence-corrected chi connectivity index (χ1v) is 8.21. The van der Waals surface area contributed by atoms with Crippen LogP contribution in [0.5, 0.6) is 0 Å². The molecule has 1 aliphatic heterocycles. The predicted molar refractivity (Wildman–Crippen MR) is 90.7 cm³/mol. The Morgan fingerprint density at radius 2 is 2.12 bits per heavy atom. The van der Waals surface area contributed by atoms with Crippen LogP contribution in [0.25, 0.3) is 11.0 Å². The highest BCUT2D eigenvalue weighted by molar-refractivity contribution is 5.98. The fourth-order valence-corrected chi connectivity index (χ4v) is 3.44. The second kappa shape index (κ2) is 5.74. The van der Waals surface area contributed by atoms with Crippen molar-refractivity contribution in [2.75, 3.05) is 6.54 Å². The van der Waals surface area contributed by atoms with Crippen LogP contribution in [-0.2, 0) is 0 Å². The topological polar surface area (TPSA) is 59.2 Å². The van der Waals surface area contributed by atoms with Crippen LogP contribution in [0.15, 0.2) is 41.1 Å². The van der Waals surface area contributed by atoms with Crippen LogP contribution >= 0.6 is 0 Å². The van der Waals surface area contributed by atoms with Crippen molar-refractivity contribution >= 4 is 16.9 Å². The highest BCUT2D eigenvalue weighted by Gasteiger charge is 2.31. The summed E-state index contributed by atoms with van der Waals surface area (Å²) in [5.41, 5.74) is 3.26. The third-order valence-corrected chi connectivity index (χ3v) is 4.52. The van der Waals surface area contributed by atoms with E-state index in [1.165, 1.54) is 0 Å². The van der Waals surface area contributed by atoms with E-state index in [0.717, 1.165) is 47.5 Å². The Kier molecular flexibility index (Phi) is 3.56. The van der Waals surface area contributed by atoms with Gasteiger partial charge in [0.2, 0.25) is 0 Å². The van der Waals surface area contributed by atoms with Crippen molar-refractivity contribution in [2.45, 2.75) is 32.7 Å². The van der Waals surface area contributed by atoms with Crippen molar-refractivity contribution in [3.05, 3.63) is 59.4 Å². The molecular weight excluding hydrogens is 302 g/mol. The molecule has 0 bridgehead atoms. The Hall–Kier alpha value is -2.69. The first-order chi connectivity index (χ1) is 11.6. The van der Waals surface area contributed by atoms with Gasteiger partial charge in [-0.3, -0.25) is 14.8 Å². The molecule has 0 N–H and O–H groups in total. The lowest BCUT2D eigenvalue weighted by atomic mass is 10.1. The summed E-state index contributed by atoms with van der Waals surface area (Å²) >= 11 is 0. The van der Waals surface area contributed by atoms with Gasteiger partial charge in [0.1, 0.15) is 11.3 Å². The molecule has 1 amide bonds. The van der Waals surface area contributed by atoms with Gasteiger partial charge in [-0.2, -0.15) is 0 Å². The molecule has 0 aliphatic carbocycles. The predicted octanol–water partition coefficient (Wildman–Crippen LogP) is 3.82. The summed E-state index contributed by atoms with van der Waals surface area (Å²) in [7, 11) is 0. The molecular formula is C19H19N3O2. The number of carbonyl (C=O) groups excluding carboxylic acids is 1. The number of aryl methyl sites for hydroxylation is 2. The zero-order valence-electron chi connectivity index (χ0n) is 13.8. The number of nitrogens with zero attached hydrogens (tertiary/aromatic N) is 3. The lowest BCUT2D eigenvalue weighted by Gasteiger charge is -2.24. The summed E-state index contributed by atoms with van der Waals surface area (Å²) in [4.78, 5) is 23.7. The average molecular weight is 321 g/mol. The summed E-state index contributed by atoms with van der Waals surface area (Å²) in [6, 6.07) is 7.58. The third kappa shape index (κ3) is 2.56. The number of rotatable bonds is 2. The van der Waals surface area contributed by atoms with Crippen LogP contribution in [0.4, 0.5) is 0 Å². The maximum absolute atomic E-state index is 13.0. The fourth-order valence-electron chi connectivity index (χ4n) is 3.44. The van der Waals surface area contributed by atoms with E-state index in [0.29, 0.717) is 5.56 Å². The highest BCUT2D eigenvalue weighted by atomic mass is 16.3. The van der Waals surface area contributed by atoms with Crippen LogP contribution in [0, 0.1) is 13.8 Å². The van der Waals surface area contributed by atoms with Crippen molar-refractivity contribution in [1.82, 2.24) is 14.9 Å². The van der Waals surface area contributed by atoms with Gasteiger partial charge >= 0.3 is 0 Å². The molecule has 0 unspecified atom stereocenters.